The molecule has 1 saturated heterocycles. The van der Waals surface area contributed by atoms with Gasteiger partial charge in [-0.25, -0.2) is 0 Å². The van der Waals surface area contributed by atoms with Crippen LogP contribution in [0.4, 0.5) is 0 Å². The Morgan fingerprint density at radius 2 is 1.96 bits per heavy atom. The summed E-state index contributed by atoms with van der Waals surface area (Å²) in [6, 6.07) is 11.2. The van der Waals surface area contributed by atoms with E-state index >= 15 is 0 Å². The van der Waals surface area contributed by atoms with Crippen LogP contribution >= 0.6 is 0 Å². The Morgan fingerprint density at radius 1 is 1.25 bits per heavy atom. The van der Waals surface area contributed by atoms with Crippen LogP contribution in [0.25, 0.3) is 0 Å². The Hall–Kier alpha value is -0.900. The van der Waals surface area contributed by atoms with Crippen LogP contribution in [0, 0.1) is 10.8 Å². The van der Waals surface area contributed by atoms with Gasteiger partial charge in [-0.3, -0.25) is 4.90 Å². The standard InChI is InChI=1S/C21H36N2O/c1-5-19(11-14-24)22-16-21(20(2,3)4)12-13-23(17-21)15-18-9-7-6-8-10-18/h6-10,19,22,24H,5,11-17H2,1-4H3/t19-,21?/m1/s1. The molecule has 1 fully saturated rings. The Kier molecular flexibility index (Phi) is 6.85. The molecule has 1 heterocycles. The molecule has 3 heteroatoms. The fourth-order valence-electron chi connectivity index (χ4n) is 3.90. The molecule has 0 radical (unpaired) electrons. The lowest BCUT2D eigenvalue weighted by Crippen LogP contribution is -2.48. The van der Waals surface area contributed by atoms with Gasteiger partial charge >= 0.3 is 0 Å². The number of aliphatic hydroxyl groups excluding tert-OH is 1. The van der Waals surface area contributed by atoms with Crippen LogP contribution in [0.2, 0.25) is 0 Å². The lowest BCUT2D eigenvalue weighted by atomic mass is 9.65. The highest BCUT2D eigenvalue weighted by Gasteiger charge is 2.46. The summed E-state index contributed by atoms with van der Waals surface area (Å²) in [5.74, 6) is 0. The van der Waals surface area contributed by atoms with E-state index in [1.807, 2.05) is 0 Å². The van der Waals surface area contributed by atoms with Crippen molar-refractivity contribution in [3.63, 3.8) is 0 Å². The third kappa shape index (κ3) is 4.81. The summed E-state index contributed by atoms with van der Waals surface area (Å²) in [5, 5.41) is 13.0. The van der Waals surface area contributed by atoms with Crippen LogP contribution in [0.5, 0.6) is 0 Å². The molecule has 2 rings (SSSR count). The van der Waals surface area contributed by atoms with E-state index in [2.05, 4.69) is 68.2 Å². The van der Waals surface area contributed by atoms with Crippen LogP contribution < -0.4 is 5.32 Å². The Balaban J connectivity index is 2.01. The molecule has 1 aliphatic heterocycles. The summed E-state index contributed by atoms with van der Waals surface area (Å²) < 4.78 is 0. The number of hydrogen-bond acceptors (Lipinski definition) is 3. The minimum atomic E-state index is 0.267. The molecule has 2 atom stereocenters. The highest BCUT2D eigenvalue weighted by atomic mass is 16.3. The topological polar surface area (TPSA) is 35.5 Å². The number of rotatable bonds is 8. The molecule has 1 aliphatic rings. The molecule has 0 spiro atoms. The number of likely N-dealkylation sites (tertiary alicyclic amines) is 1. The fourth-order valence-corrected chi connectivity index (χ4v) is 3.90. The van der Waals surface area contributed by atoms with Crippen molar-refractivity contribution >= 4 is 0 Å². The first-order valence-electron chi connectivity index (χ1n) is 9.51. The number of hydrogen-bond donors (Lipinski definition) is 2. The third-order valence-corrected chi connectivity index (χ3v) is 5.97. The Labute approximate surface area is 148 Å². The van der Waals surface area contributed by atoms with Gasteiger partial charge in [0, 0.05) is 37.7 Å². The summed E-state index contributed by atoms with van der Waals surface area (Å²) >= 11 is 0. The molecule has 0 amide bonds. The first-order chi connectivity index (χ1) is 11.4. The number of nitrogens with one attached hydrogen (secondary N) is 1. The van der Waals surface area contributed by atoms with Gasteiger partial charge in [-0.1, -0.05) is 58.0 Å². The summed E-state index contributed by atoms with van der Waals surface area (Å²) in [6.45, 7) is 14.0. The molecular formula is C21H36N2O. The first kappa shape index (κ1) is 19.4. The number of benzene rings is 1. The van der Waals surface area contributed by atoms with Crippen molar-refractivity contribution in [2.45, 2.75) is 59.5 Å². The zero-order valence-electron chi connectivity index (χ0n) is 16.0. The molecule has 1 unspecified atom stereocenters. The zero-order chi connectivity index (χ0) is 17.6. The lowest BCUT2D eigenvalue weighted by molar-refractivity contribution is 0.0844. The molecule has 136 valence electrons. The van der Waals surface area contributed by atoms with Gasteiger partial charge < -0.3 is 10.4 Å². The van der Waals surface area contributed by atoms with E-state index in [9.17, 15) is 5.11 Å². The van der Waals surface area contributed by atoms with Crippen LogP contribution in [0.3, 0.4) is 0 Å². The minimum Gasteiger partial charge on any atom is -0.396 e. The smallest absolute Gasteiger partial charge is 0.0445 e. The third-order valence-electron chi connectivity index (χ3n) is 5.97. The number of nitrogens with zero attached hydrogens (tertiary/aromatic N) is 1. The Morgan fingerprint density at radius 3 is 2.54 bits per heavy atom. The fraction of sp³-hybridized carbons (Fsp3) is 0.714. The summed E-state index contributed by atoms with van der Waals surface area (Å²) in [6.07, 6.45) is 3.17. The van der Waals surface area contributed by atoms with Gasteiger partial charge in [0.05, 0.1) is 0 Å². The molecule has 2 N–H and O–H groups in total. The Bertz CT molecular complexity index is 482. The summed E-state index contributed by atoms with van der Waals surface area (Å²) in [7, 11) is 0. The van der Waals surface area contributed by atoms with Gasteiger partial charge in [0.2, 0.25) is 0 Å². The van der Waals surface area contributed by atoms with Gasteiger partial charge in [0.1, 0.15) is 0 Å². The average molecular weight is 333 g/mol. The van der Waals surface area contributed by atoms with Crippen LogP contribution in [0.15, 0.2) is 30.3 Å². The molecule has 0 aliphatic carbocycles. The van der Waals surface area contributed by atoms with Gasteiger partial charge in [0.15, 0.2) is 0 Å². The van der Waals surface area contributed by atoms with Crippen molar-refractivity contribution in [3.05, 3.63) is 35.9 Å². The van der Waals surface area contributed by atoms with Crippen molar-refractivity contribution in [1.29, 1.82) is 0 Å². The van der Waals surface area contributed by atoms with Crippen molar-refractivity contribution in [2.75, 3.05) is 26.2 Å². The second kappa shape index (κ2) is 8.46. The maximum atomic E-state index is 9.24. The van der Waals surface area contributed by atoms with Crippen LogP contribution in [-0.4, -0.2) is 42.3 Å². The van der Waals surface area contributed by atoms with E-state index in [0.717, 1.165) is 32.5 Å². The van der Waals surface area contributed by atoms with Crippen molar-refractivity contribution in [1.82, 2.24) is 10.2 Å². The maximum Gasteiger partial charge on any atom is 0.0445 e. The molecule has 1 aromatic carbocycles. The maximum absolute atomic E-state index is 9.24. The van der Waals surface area contributed by atoms with Crippen LogP contribution in [0.1, 0.15) is 52.5 Å². The second-order valence-electron chi connectivity index (χ2n) is 8.47. The van der Waals surface area contributed by atoms with Crippen LogP contribution in [-0.2, 0) is 6.54 Å². The van der Waals surface area contributed by atoms with Gasteiger partial charge in [0.25, 0.3) is 0 Å². The van der Waals surface area contributed by atoms with E-state index in [1.54, 1.807) is 0 Å². The van der Waals surface area contributed by atoms with Crippen molar-refractivity contribution in [3.8, 4) is 0 Å². The van der Waals surface area contributed by atoms with E-state index in [0.29, 0.717) is 11.5 Å². The lowest BCUT2D eigenvalue weighted by Gasteiger charge is -2.43. The predicted molar refractivity (Wildman–Crippen MR) is 102 cm³/mol. The predicted octanol–water partition coefficient (Wildman–Crippen LogP) is 3.68. The molecule has 24 heavy (non-hydrogen) atoms. The quantitative estimate of drug-likeness (QED) is 0.762. The molecule has 0 bridgehead atoms. The van der Waals surface area contributed by atoms with E-state index in [4.69, 9.17) is 0 Å². The molecule has 1 aromatic rings. The summed E-state index contributed by atoms with van der Waals surface area (Å²) in [4.78, 5) is 2.61. The minimum absolute atomic E-state index is 0.267. The highest BCUT2D eigenvalue weighted by molar-refractivity contribution is 5.15. The van der Waals surface area contributed by atoms with Crippen molar-refractivity contribution in [2.24, 2.45) is 10.8 Å². The molecule has 0 aromatic heterocycles. The van der Waals surface area contributed by atoms with E-state index in [1.165, 1.54) is 18.5 Å². The normalized spacial score (nSPS) is 23.5. The molecule has 3 nitrogen and oxygen atoms in total. The molecule has 0 saturated carbocycles. The van der Waals surface area contributed by atoms with E-state index in [-0.39, 0.29) is 12.0 Å². The SMILES string of the molecule is CC[C@H](CCO)NCC1(C(C)(C)C)CCN(Cc2ccccc2)C1. The molecular weight excluding hydrogens is 296 g/mol. The number of aliphatic hydroxyl groups is 1. The van der Waals surface area contributed by atoms with Gasteiger partial charge in [-0.15, -0.1) is 0 Å². The largest absolute Gasteiger partial charge is 0.396 e. The highest BCUT2D eigenvalue weighted by Crippen LogP contribution is 2.46. The summed E-state index contributed by atoms with van der Waals surface area (Å²) in [5.41, 5.74) is 1.97. The van der Waals surface area contributed by atoms with E-state index < -0.39 is 0 Å². The second-order valence-corrected chi connectivity index (χ2v) is 8.47. The average Bonchev–Trinajstić information content (AvgIpc) is 2.96. The van der Waals surface area contributed by atoms with Crippen molar-refractivity contribution < 1.29 is 5.11 Å². The zero-order valence-corrected chi connectivity index (χ0v) is 16.0. The van der Waals surface area contributed by atoms with Gasteiger partial charge in [-0.05, 0) is 36.8 Å². The monoisotopic (exact) mass is 332 g/mol. The first-order valence-corrected chi connectivity index (χ1v) is 9.51. The van der Waals surface area contributed by atoms with Gasteiger partial charge in [-0.2, -0.15) is 0 Å².